The molecule has 0 saturated heterocycles. The van der Waals surface area contributed by atoms with Crippen molar-refractivity contribution in [2.45, 2.75) is 107 Å². The highest BCUT2D eigenvalue weighted by atomic mass is 16.6. The van der Waals surface area contributed by atoms with Crippen molar-refractivity contribution in [1.29, 1.82) is 0 Å². The van der Waals surface area contributed by atoms with Gasteiger partial charge in [0.2, 0.25) is 0 Å². The Morgan fingerprint density at radius 2 is 1.41 bits per heavy atom. The average molecular weight is 550 g/mol. The van der Waals surface area contributed by atoms with Crippen molar-refractivity contribution in [1.82, 2.24) is 0 Å². The quantitative estimate of drug-likeness (QED) is 0.233. The van der Waals surface area contributed by atoms with E-state index in [1.165, 1.54) is 12.1 Å². The molecule has 3 atom stereocenters. The lowest BCUT2D eigenvalue weighted by molar-refractivity contribution is -0.159. The third kappa shape index (κ3) is 11.0. The Kier molecular flexibility index (Phi) is 13.1. The molecule has 0 aliphatic rings. The van der Waals surface area contributed by atoms with Crippen molar-refractivity contribution in [3.05, 3.63) is 23.8 Å². The molecule has 0 amide bonds. The molecular weight excluding hydrogens is 502 g/mol. The van der Waals surface area contributed by atoms with Crippen LogP contribution in [0.2, 0.25) is 0 Å². The van der Waals surface area contributed by atoms with Crippen molar-refractivity contribution in [2.24, 2.45) is 22.5 Å². The van der Waals surface area contributed by atoms with Gasteiger partial charge in [-0.25, -0.2) is 0 Å². The van der Waals surface area contributed by atoms with Crippen molar-refractivity contribution in [2.75, 3.05) is 6.61 Å². The molecule has 1 unspecified atom stereocenters. The second kappa shape index (κ2) is 15.0. The molecule has 0 aliphatic carbocycles. The molecule has 0 aliphatic heterocycles. The van der Waals surface area contributed by atoms with Crippen LogP contribution in [0.4, 0.5) is 0 Å². The molecule has 0 heterocycles. The zero-order valence-corrected chi connectivity index (χ0v) is 25.1. The van der Waals surface area contributed by atoms with Gasteiger partial charge in [0.15, 0.2) is 11.5 Å². The number of nitrogens with two attached hydrogens (primary N) is 1. The highest BCUT2D eigenvalue weighted by Crippen LogP contribution is 2.34. The van der Waals surface area contributed by atoms with Gasteiger partial charge in [0.05, 0.1) is 10.8 Å². The van der Waals surface area contributed by atoms with Crippen LogP contribution in [0.5, 0.6) is 11.5 Å². The summed E-state index contributed by atoms with van der Waals surface area (Å²) in [5, 5.41) is 0. The van der Waals surface area contributed by atoms with Gasteiger partial charge in [0.25, 0.3) is 0 Å². The maximum atomic E-state index is 12.8. The molecule has 1 aromatic carbocycles. The minimum atomic E-state index is -1.02. The molecule has 0 saturated carbocycles. The van der Waals surface area contributed by atoms with E-state index in [0.29, 0.717) is 24.8 Å². The smallest absolute Gasteiger partial charge is 0.323 e. The first kappa shape index (κ1) is 34.1. The number of carbonyl (C=O) groups excluding carboxylic acids is 4. The number of hydrogen-bond acceptors (Lipinski definition) is 9. The van der Waals surface area contributed by atoms with E-state index in [1.54, 1.807) is 40.7 Å². The lowest BCUT2D eigenvalue weighted by atomic mass is 9.90. The van der Waals surface area contributed by atoms with Gasteiger partial charge in [-0.3, -0.25) is 19.2 Å². The minimum absolute atomic E-state index is 0.0710. The number of esters is 4. The fourth-order valence-electron chi connectivity index (χ4n) is 2.99. The summed E-state index contributed by atoms with van der Waals surface area (Å²) in [7, 11) is 0. The second-order valence-electron chi connectivity index (χ2n) is 11.5. The summed E-state index contributed by atoms with van der Waals surface area (Å²) in [5.74, 6) is -1.54. The normalized spacial score (nSPS) is 14.1. The second-order valence-corrected chi connectivity index (χ2v) is 11.5. The minimum Gasteiger partial charge on any atom is -0.461 e. The standard InChI is InChI=1S/C30H47NO8/c1-10-19(4)15-25(32)37-20(5)18-36-26(33)22(31)16-21-13-14-23(38-27(34)29(6,7)11-2)24(17-21)39-28(35)30(8,9)12-3/h13-14,17,19-20,22H,10-12,15-16,18,31H2,1-9H3/t19?,20-,22-/m0/s1. The van der Waals surface area contributed by atoms with Gasteiger partial charge in [-0.2, -0.15) is 0 Å². The summed E-state index contributed by atoms with van der Waals surface area (Å²) in [5.41, 5.74) is 5.18. The van der Waals surface area contributed by atoms with Gasteiger partial charge in [0, 0.05) is 6.42 Å². The van der Waals surface area contributed by atoms with Crippen LogP contribution < -0.4 is 15.2 Å². The highest BCUT2D eigenvalue weighted by molar-refractivity contribution is 5.81. The maximum absolute atomic E-state index is 12.8. The first-order valence-corrected chi connectivity index (χ1v) is 13.7. The third-order valence-electron chi connectivity index (χ3n) is 7.05. The largest absolute Gasteiger partial charge is 0.461 e. The van der Waals surface area contributed by atoms with E-state index < -0.39 is 40.9 Å². The molecule has 9 heteroatoms. The molecule has 9 nitrogen and oxygen atoms in total. The van der Waals surface area contributed by atoms with Gasteiger partial charge >= 0.3 is 23.9 Å². The monoisotopic (exact) mass is 549 g/mol. The molecule has 0 bridgehead atoms. The summed E-state index contributed by atoms with van der Waals surface area (Å²) in [6, 6.07) is 3.70. The van der Waals surface area contributed by atoms with Crippen molar-refractivity contribution in [3.63, 3.8) is 0 Å². The highest BCUT2D eigenvalue weighted by Gasteiger charge is 2.31. The predicted molar refractivity (Wildman–Crippen MR) is 148 cm³/mol. The molecule has 1 rings (SSSR count). The fourth-order valence-corrected chi connectivity index (χ4v) is 2.99. The topological polar surface area (TPSA) is 131 Å². The Bertz CT molecular complexity index is 1000. The molecule has 0 radical (unpaired) electrons. The number of rotatable bonds is 15. The molecule has 0 aromatic heterocycles. The van der Waals surface area contributed by atoms with E-state index in [1.807, 2.05) is 27.7 Å². The molecule has 0 fully saturated rings. The van der Waals surface area contributed by atoms with Crippen LogP contribution in [-0.2, 0) is 35.1 Å². The van der Waals surface area contributed by atoms with Crippen LogP contribution in [0.1, 0.15) is 93.6 Å². The Balaban J connectivity index is 2.96. The summed E-state index contributed by atoms with van der Waals surface area (Å²) in [6.07, 6.45) is 1.76. The van der Waals surface area contributed by atoms with Crippen LogP contribution >= 0.6 is 0 Å². The lowest BCUT2D eigenvalue weighted by Crippen LogP contribution is -2.36. The summed E-state index contributed by atoms with van der Waals surface area (Å²) in [6.45, 7) is 16.3. The molecule has 0 spiro atoms. The van der Waals surface area contributed by atoms with Gasteiger partial charge in [-0.15, -0.1) is 0 Å². The van der Waals surface area contributed by atoms with E-state index in [2.05, 4.69) is 0 Å². The van der Waals surface area contributed by atoms with Crippen LogP contribution in [0.25, 0.3) is 0 Å². The Labute approximate surface area is 233 Å². The zero-order chi connectivity index (χ0) is 30.0. The third-order valence-corrected chi connectivity index (χ3v) is 7.05. The van der Waals surface area contributed by atoms with Gasteiger partial charge in [-0.1, -0.05) is 40.2 Å². The Morgan fingerprint density at radius 3 is 1.92 bits per heavy atom. The average Bonchev–Trinajstić information content (AvgIpc) is 2.88. The van der Waals surface area contributed by atoms with E-state index in [-0.39, 0.29) is 36.4 Å². The summed E-state index contributed by atoms with van der Waals surface area (Å²) < 4.78 is 21.8. The van der Waals surface area contributed by atoms with Crippen molar-refractivity contribution in [3.8, 4) is 11.5 Å². The molecule has 39 heavy (non-hydrogen) atoms. The zero-order valence-electron chi connectivity index (χ0n) is 25.1. The summed E-state index contributed by atoms with van der Waals surface area (Å²) >= 11 is 0. The van der Waals surface area contributed by atoms with Gasteiger partial charge in [0.1, 0.15) is 18.8 Å². The van der Waals surface area contributed by atoms with Crippen LogP contribution in [-0.4, -0.2) is 42.6 Å². The Morgan fingerprint density at radius 1 is 0.872 bits per heavy atom. The number of ether oxygens (including phenoxy) is 4. The lowest BCUT2D eigenvalue weighted by Gasteiger charge is -2.23. The number of carbonyl (C=O) groups is 4. The van der Waals surface area contributed by atoms with E-state index in [9.17, 15) is 19.2 Å². The molecular formula is C30H47NO8. The molecule has 220 valence electrons. The fraction of sp³-hybridized carbons (Fsp3) is 0.667. The first-order chi connectivity index (χ1) is 18.1. The maximum Gasteiger partial charge on any atom is 0.323 e. The predicted octanol–water partition coefficient (Wildman–Crippen LogP) is 5.15. The van der Waals surface area contributed by atoms with Crippen LogP contribution in [0.3, 0.4) is 0 Å². The summed E-state index contributed by atoms with van der Waals surface area (Å²) in [4.78, 5) is 49.9. The van der Waals surface area contributed by atoms with Gasteiger partial charge in [-0.05, 0) is 77.5 Å². The molecule has 2 N–H and O–H groups in total. The van der Waals surface area contributed by atoms with Crippen molar-refractivity contribution >= 4 is 23.9 Å². The molecule has 1 aromatic rings. The van der Waals surface area contributed by atoms with E-state index in [0.717, 1.165) is 6.42 Å². The first-order valence-electron chi connectivity index (χ1n) is 13.7. The van der Waals surface area contributed by atoms with Crippen molar-refractivity contribution < 1.29 is 38.1 Å². The van der Waals surface area contributed by atoms with Crippen LogP contribution in [0.15, 0.2) is 18.2 Å². The SMILES string of the molecule is CCC(C)CC(=O)O[C@@H](C)COC(=O)[C@@H](N)Cc1ccc(OC(=O)C(C)(C)CC)c(OC(=O)C(C)(C)CC)c1. The Hall–Kier alpha value is -2.94. The van der Waals surface area contributed by atoms with E-state index >= 15 is 0 Å². The number of hydrogen-bond donors (Lipinski definition) is 1. The van der Waals surface area contributed by atoms with Crippen LogP contribution in [0, 0.1) is 16.7 Å². The van der Waals surface area contributed by atoms with Gasteiger partial charge < -0.3 is 24.7 Å². The number of benzene rings is 1. The van der Waals surface area contributed by atoms with E-state index in [4.69, 9.17) is 24.7 Å².